The van der Waals surface area contributed by atoms with Crippen molar-refractivity contribution in [2.24, 2.45) is 4.99 Å². The number of hydrogen-bond donors (Lipinski definition) is 1. The Hall–Kier alpha value is -2.54. The number of rotatable bonds is 0. The van der Waals surface area contributed by atoms with E-state index in [-0.39, 0.29) is 6.04 Å². The fourth-order valence-corrected chi connectivity index (χ4v) is 3.25. The Morgan fingerprint density at radius 2 is 2.05 bits per heavy atom. The largest absolute Gasteiger partial charge is 0.367 e. The lowest BCUT2D eigenvalue weighted by molar-refractivity contribution is 0.390. The minimum Gasteiger partial charge on any atom is -0.367 e. The number of aliphatic imine (C=N–C) groups is 1. The molecule has 2 aromatic rings. The van der Waals surface area contributed by atoms with Crippen LogP contribution in [0.4, 0.5) is 0 Å². The molecule has 104 valence electrons. The third-order valence-corrected chi connectivity index (χ3v) is 4.34. The van der Waals surface area contributed by atoms with Crippen molar-refractivity contribution < 1.29 is 0 Å². The van der Waals surface area contributed by atoms with Crippen LogP contribution in [0.1, 0.15) is 22.3 Å². The van der Waals surface area contributed by atoms with E-state index >= 15 is 0 Å². The van der Waals surface area contributed by atoms with Crippen LogP contribution in [-0.4, -0.2) is 28.3 Å². The van der Waals surface area contributed by atoms with Crippen LogP contribution in [0.3, 0.4) is 0 Å². The molecule has 0 amide bonds. The molecule has 4 nitrogen and oxygen atoms in total. The van der Waals surface area contributed by atoms with Gasteiger partial charge in [-0.1, -0.05) is 24.3 Å². The van der Waals surface area contributed by atoms with Crippen LogP contribution in [0.5, 0.6) is 0 Å². The van der Waals surface area contributed by atoms with Crippen LogP contribution < -0.4 is 0 Å². The predicted octanol–water partition coefficient (Wildman–Crippen LogP) is 2.27. The predicted molar refractivity (Wildman–Crippen MR) is 81.0 cm³/mol. The lowest BCUT2D eigenvalue weighted by Crippen LogP contribution is -2.39. The quantitative estimate of drug-likeness (QED) is 0.802. The van der Waals surface area contributed by atoms with E-state index in [4.69, 9.17) is 0 Å². The average molecular weight is 276 g/mol. The van der Waals surface area contributed by atoms with E-state index < -0.39 is 0 Å². The number of benzene rings is 1. The SMILES string of the molecule is N#CC1Cc2c[nH]cc2C(N2CCc3ccccc3C2)=N1. The highest BCUT2D eigenvalue weighted by atomic mass is 15.2. The van der Waals surface area contributed by atoms with Gasteiger partial charge < -0.3 is 9.88 Å². The van der Waals surface area contributed by atoms with Crippen molar-refractivity contribution in [1.29, 1.82) is 5.26 Å². The fraction of sp³-hybridized carbons (Fsp3) is 0.294. The van der Waals surface area contributed by atoms with Crippen LogP contribution in [-0.2, 0) is 19.4 Å². The molecule has 21 heavy (non-hydrogen) atoms. The Kier molecular flexibility index (Phi) is 2.78. The van der Waals surface area contributed by atoms with Gasteiger partial charge in [0.15, 0.2) is 0 Å². The maximum Gasteiger partial charge on any atom is 0.143 e. The highest BCUT2D eigenvalue weighted by Gasteiger charge is 2.27. The minimum absolute atomic E-state index is 0.263. The summed E-state index contributed by atoms with van der Waals surface area (Å²) in [5.41, 5.74) is 5.14. The number of H-pyrrole nitrogens is 1. The summed E-state index contributed by atoms with van der Waals surface area (Å²) >= 11 is 0. The van der Waals surface area contributed by atoms with E-state index in [1.165, 1.54) is 16.7 Å². The second kappa shape index (κ2) is 4.78. The van der Waals surface area contributed by atoms with Gasteiger partial charge in [-0.15, -0.1) is 0 Å². The summed E-state index contributed by atoms with van der Waals surface area (Å²) in [4.78, 5) is 10.1. The van der Waals surface area contributed by atoms with E-state index in [0.717, 1.165) is 30.9 Å². The number of hydrogen-bond acceptors (Lipinski definition) is 3. The molecule has 0 radical (unpaired) electrons. The molecule has 1 unspecified atom stereocenters. The minimum atomic E-state index is -0.263. The maximum atomic E-state index is 9.24. The molecule has 0 saturated heterocycles. The molecule has 0 fully saturated rings. The molecule has 1 atom stereocenters. The van der Waals surface area contributed by atoms with Gasteiger partial charge in [-0.2, -0.15) is 5.26 Å². The molecule has 1 N–H and O–H groups in total. The average Bonchev–Trinajstić information content (AvgIpc) is 3.01. The van der Waals surface area contributed by atoms with Crippen LogP contribution >= 0.6 is 0 Å². The van der Waals surface area contributed by atoms with Crippen LogP contribution in [0, 0.1) is 11.3 Å². The van der Waals surface area contributed by atoms with Gasteiger partial charge >= 0.3 is 0 Å². The number of nitriles is 1. The summed E-state index contributed by atoms with van der Waals surface area (Å²) in [6.07, 6.45) is 5.74. The second-order valence-corrected chi connectivity index (χ2v) is 5.64. The fourth-order valence-electron chi connectivity index (χ4n) is 3.25. The van der Waals surface area contributed by atoms with Crippen molar-refractivity contribution in [3.8, 4) is 6.07 Å². The number of amidine groups is 1. The van der Waals surface area contributed by atoms with E-state index in [0.29, 0.717) is 6.42 Å². The zero-order chi connectivity index (χ0) is 14.2. The third-order valence-electron chi connectivity index (χ3n) is 4.34. The second-order valence-electron chi connectivity index (χ2n) is 5.64. The van der Waals surface area contributed by atoms with Crippen LogP contribution in [0.2, 0.25) is 0 Å². The first-order valence-electron chi connectivity index (χ1n) is 7.30. The molecule has 0 bridgehead atoms. The van der Waals surface area contributed by atoms with E-state index in [2.05, 4.69) is 45.2 Å². The zero-order valence-electron chi connectivity index (χ0n) is 11.7. The smallest absolute Gasteiger partial charge is 0.143 e. The van der Waals surface area contributed by atoms with Gasteiger partial charge in [-0.3, -0.25) is 0 Å². The summed E-state index contributed by atoms with van der Waals surface area (Å²) in [6.45, 7) is 1.83. The molecule has 0 spiro atoms. The molecule has 1 aromatic heterocycles. The maximum absolute atomic E-state index is 9.24. The van der Waals surface area contributed by atoms with Crippen molar-refractivity contribution in [3.05, 3.63) is 58.9 Å². The van der Waals surface area contributed by atoms with Gasteiger partial charge in [0.1, 0.15) is 11.9 Å². The topological polar surface area (TPSA) is 55.2 Å². The number of aromatic nitrogens is 1. The molecule has 1 aromatic carbocycles. The van der Waals surface area contributed by atoms with Crippen molar-refractivity contribution in [3.63, 3.8) is 0 Å². The third kappa shape index (κ3) is 2.02. The first-order valence-corrected chi connectivity index (χ1v) is 7.30. The summed E-state index contributed by atoms with van der Waals surface area (Å²) in [5.74, 6) is 0.971. The van der Waals surface area contributed by atoms with Crippen LogP contribution in [0.25, 0.3) is 0 Å². The van der Waals surface area contributed by atoms with Gasteiger partial charge in [-0.25, -0.2) is 4.99 Å². The van der Waals surface area contributed by atoms with Gasteiger partial charge in [0.25, 0.3) is 0 Å². The Balaban J connectivity index is 1.71. The molecule has 0 saturated carbocycles. The Labute approximate surface area is 123 Å². The molecule has 0 aliphatic carbocycles. The molecule has 2 aliphatic heterocycles. The molecule has 2 aliphatic rings. The van der Waals surface area contributed by atoms with Gasteiger partial charge in [0.05, 0.1) is 6.07 Å². The van der Waals surface area contributed by atoms with Gasteiger partial charge in [-0.05, 0) is 23.1 Å². The van der Waals surface area contributed by atoms with E-state index in [1.807, 2.05) is 12.4 Å². The van der Waals surface area contributed by atoms with E-state index in [9.17, 15) is 5.26 Å². The highest BCUT2D eigenvalue weighted by Crippen LogP contribution is 2.25. The lowest BCUT2D eigenvalue weighted by atomic mass is 9.97. The van der Waals surface area contributed by atoms with Crippen molar-refractivity contribution >= 4 is 5.84 Å². The highest BCUT2D eigenvalue weighted by molar-refractivity contribution is 6.01. The zero-order valence-corrected chi connectivity index (χ0v) is 11.7. The van der Waals surface area contributed by atoms with E-state index in [1.54, 1.807) is 0 Å². The summed E-state index contributed by atoms with van der Waals surface area (Å²) in [6, 6.07) is 10.6. The Morgan fingerprint density at radius 1 is 1.19 bits per heavy atom. The lowest BCUT2D eigenvalue weighted by Gasteiger charge is -2.33. The number of nitrogens with zero attached hydrogens (tertiary/aromatic N) is 3. The summed E-state index contributed by atoms with van der Waals surface area (Å²) in [5, 5.41) is 9.24. The van der Waals surface area contributed by atoms with Crippen molar-refractivity contribution in [1.82, 2.24) is 9.88 Å². The number of fused-ring (bicyclic) bond motifs is 2. The number of aromatic amines is 1. The van der Waals surface area contributed by atoms with Gasteiger partial charge in [0, 0.05) is 37.5 Å². The molecular formula is C17H16N4. The standard InChI is InChI=1S/C17H16N4/c18-8-15-7-14-9-19-10-16(14)17(20-15)21-6-5-12-3-1-2-4-13(12)11-21/h1-4,9-10,15,19H,5-7,11H2. The van der Waals surface area contributed by atoms with Crippen LogP contribution in [0.15, 0.2) is 41.7 Å². The first kappa shape index (κ1) is 12.2. The Morgan fingerprint density at radius 3 is 2.90 bits per heavy atom. The van der Waals surface area contributed by atoms with Crippen molar-refractivity contribution in [2.45, 2.75) is 25.4 Å². The number of nitrogens with one attached hydrogen (secondary N) is 1. The monoisotopic (exact) mass is 276 g/mol. The first-order chi connectivity index (χ1) is 10.3. The molecule has 4 heteroatoms. The normalized spacial score (nSPS) is 20.2. The summed E-state index contributed by atoms with van der Waals surface area (Å²) < 4.78 is 0. The van der Waals surface area contributed by atoms with Crippen molar-refractivity contribution in [2.75, 3.05) is 6.54 Å². The Bertz CT molecular complexity index is 750. The van der Waals surface area contributed by atoms with Gasteiger partial charge in [0.2, 0.25) is 0 Å². The molecular weight excluding hydrogens is 260 g/mol. The molecule has 3 heterocycles. The summed E-state index contributed by atoms with van der Waals surface area (Å²) in [7, 11) is 0. The molecule has 4 rings (SSSR count).